The molecule has 29 heavy (non-hydrogen) atoms. The third-order valence-corrected chi connectivity index (χ3v) is 7.42. The molecular formula is C20H27FN2O5S. The van der Waals surface area contributed by atoms with E-state index < -0.39 is 21.8 Å². The number of halogens is 1. The zero-order valence-corrected chi connectivity index (χ0v) is 17.4. The number of hydrogen-bond acceptors (Lipinski definition) is 5. The summed E-state index contributed by atoms with van der Waals surface area (Å²) in [5.41, 5.74) is 0. The van der Waals surface area contributed by atoms with Gasteiger partial charge in [-0.3, -0.25) is 9.59 Å². The fraction of sp³-hybridized carbons (Fsp3) is 0.600. The van der Waals surface area contributed by atoms with Gasteiger partial charge in [0, 0.05) is 26.2 Å². The Morgan fingerprint density at radius 2 is 1.72 bits per heavy atom. The molecule has 2 fully saturated rings. The van der Waals surface area contributed by atoms with E-state index in [1.807, 2.05) is 0 Å². The number of benzene rings is 1. The number of esters is 1. The Morgan fingerprint density at radius 3 is 2.41 bits per heavy atom. The number of likely N-dealkylation sites (tertiary alicyclic amines) is 1. The monoisotopic (exact) mass is 426 g/mol. The normalized spacial score (nSPS) is 23.6. The maximum absolute atomic E-state index is 13.1. The first kappa shape index (κ1) is 21.7. The van der Waals surface area contributed by atoms with Crippen molar-refractivity contribution < 1.29 is 27.1 Å². The van der Waals surface area contributed by atoms with Crippen LogP contribution in [0.4, 0.5) is 4.39 Å². The number of carbonyl (C=O) groups is 2. The number of ether oxygens (including phenoxy) is 1. The fourth-order valence-corrected chi connectivity index (χ4v) is 5.53. The molecule has 2 aliphatic rings. The van der Waals surface area contributed by atoms with E-state index in [1.54, 1.807) is 11.8 Å². The number of carbonyl (C=O) groups excluding carboxylic acids is 2. The van der Waals surface area contributed by atoms with E-state index in [-0.39, 0.29) is 29.2 Å². The molecule has 0 N–H and O–H groups in total. The van der Waals surface area contributed by atoms with Crippen molar-refractivity contribution in [2.24, 2.45) is 11.8 Å². The molecule has 0 spiro atoms. The molecule has 0 aliphatic carbocycles. The standard InChI is InChI=1S/C20H27FN2O5S/c1-2-28-20(25)16-6-3-11-22(13-16)19(24)15-5-4-12-23(14-15)29(26,27)18-9-7-17(21)8-10-18/h7-10,15-16H,2-6,11-14H2,1H3. The highest BCUT2D eigenvalue weighted by molar-refractivity contribution is 7.89. The first-order chi connectivity index (χ1) is 13.8. The summed E-state index contributed by atoms with van der Waals surface area (Å²) in [6.45, 7) is 3.37. The van der Waals surface area contributed by atoms with Gasteiger partial charge in [0.2, 0.25) is 15.9 Å². The Kier molecular flexibility index (Phi) is 6.89. The third-order valence-electron chi connectivity index (χ3n) is 5.54. The van der Waals surface area contributed by atoms with E-state index in [1.165, 1.54) is 16.4 Å². The van der Waals surface area contributed by atoms with Crippen molar-refractivity contribution in [2.45, 2.75) is 37.5 Å². The maximum atomic E-state index is 13.1. The van der Waals surface area contributed by atoms with Crippen molar-refractivity contribution in [3.8, 4) is 0 Å². The third kappa shape index (κ3) is 4.95. The average Bonchev–Trinajstić information content (AvgIpc) is 2.74. The zero-order chi connectivity index (χ0) is 21.0. The van der Waals surface area contributed by atoms with Gasteiger partial charge in [0.15, 0.2) is 0 Å². The van der Waals surface area contributed by atoms with Crippen molar-refractivity contribution in [2.75, 3.05) is 32.8 Å². The molecule has 1 aromatic carbocycles. The molecule has 2 saturated heterocycles. The van der Waals surface area contributed by atoms with E-state index in [2.05, 4.69) is 0 Å². The molecule has 1 aromatic rings. The predicted octanol–water partition coefficient (Wildman–Crippen LogP) is 2.03. The highest BCUT2D eigenvalue weighted by Gasteiger charge is 2.37. The van der Waals surface area contributed by atoms with E-state index in [9.17, 15) is 22.4 Å². The quantitative estimate of drug-likeness (QED) is 0.673. The van der Waals surface area contributed by atoms with Crippen LogP contribution in [0.5, 0.6) is 0 Å². The molecule has 160 valence electrons. The Balaban J connectivity index is 1.67. The summed E-state index contributed by atoms with van der Waals surface area (Å²) in [5, 5.41) is 0. The molecule has 2 unspecified atom stereocenters. The molecule has 2 aliphatic heterocycles. The van der Waals surface area contributed by atoms with Crippen LogP contribution in [0.15, 0.2) is 29.2 Å². The van der Waals surface area contributed by atoms with Crippen LogP contribution >= 0.6 is 0 Å². The summed E-state index contributed by atoms with van der Waals surface area (Å²) in [4.78, 5) is 26.8. The summed E-state index contributed by atoms with van der Waals surface area (Å²) < 4.78 is 45.3. The van der Waals surface area contributed by atoms with Crippen molar-refractivity contribution in [1.82, 2.24) is 9.21 Å². The lowest BCUT2D eigenvalue weighted by molar-refractivity contribution is -0.152. The summed E-state index contributed by atoms with van der Waals surface area (Å²) in [6.07, 6.45) is 2.60. The Morgan fingerprint density at radius 1 is 1.07 bits per heavy atom. The second kappa shape index (κ2) is 9.21. The lowest BCUT2D eigenvalue weighted by atomic mass is 9.94. The van der Waals surface area contributed by atoms with E-state index in [0.717, 1.165) is 18.6 Å². The van der Waals surface area contributed by atoms with Crippen LogP contribution in [-0.2, 0) is 24.3 Å². The van der Waals surface area contributed by atoms with Gasteiger partial charge in [-0.25, -0.2) is 12.8 Å². The van der Waals surface area contributed by atoms with Crippen molar-refractivity contribution in [3.05, 3.63) is 30.1 Å². The number of amides is 1. The van der Waals surface area contributed by atoms with Crippen LogP contribution in [0, 0.1) is 17.7 Å². The summed E-state index contributed by atoms with van der Waals surface area (Å²) in [5.74, 6) is -1.67. The molecule has 2 atom stereocenters. The number of sulfonamides is 1. The molecule has 9 heteroatoms. The summed E-state index contributed by atoms with van der Waals surface area (Å²) in [6, 6.07) is 4.71. The Hall–Kier alpha value is -2.00. The van der Waals surface area contributed by atoms with Crippen LogP contribution in [0.2, 0.25) is 0 Å². The number of piperidine rings is 2. The molecule has 7 nitrogen and oxygen atoms in total. The Bertz CT molecular complexity index is 843. The highest BCUT2D eigenvalue weighted by Crippen LogP contribution is 2.27. The van der Waals surface area contributed by atoms with Crippen molar-refractivity contribution >= 4 is 21.9 Å². The molecular weight excluding hydrogens is 399 g/mol. The van der Waals surface area contributed by atoms with Crippen LogP contribution in [0.3, 0.4) is 0 Å². The molecule has 0 aromatic heterocycles. The minimum Gasteiger partial charge on any atom is -0.466 e. The van der Waals surface area contributed by atoms with Crippen LogP contribution < -0.4 is 0 Å². The Labute approximate surface area is 170 Å². The van der Waals surface area contributed by atoms with Crippen LogP contribution in [0.25, 0.3) is 0 Å². The predicted molar refractivity (Wildman–Crippen MR) is 104 cm³/mol. The maximum Gasteiger partial charge on any atom is 0.310 e. The minimum absolute atomic E-state index is 0.0207. The summed E-state index contributed by atoms with van der Waals surface area (Å²) in [7, 11) is -3.79. The number of rotatable bonds is 5. The van der Waals surface area contributed by atoms with E-state index in [0.29, 0.717) is 45.5 Å². The van der Waals surface area contributed by atoms with Gasteiger partial charge in [0.25, 0.3) is 0 Å². The molecule has 0 radical (unpaired) electrons. The lowest BCUT2D eigenvalue weighted by Gasteiger charge is -2.37. The number of nitrogens with zero attached hydrogens (tertiary/aromatic N) is 2. The second-order valence-electron chi connectivity index (χ2n) is 7.53. The lowest BCUT2D eigenvalue weighted by Crippen LogP contribution is -2.50. The van der Waals surface area contributed by atoms with Gasteiger partial charge < -0.3 is 9.64 Å². The van der Waals surface area contributed by atoms with Crippen molar-refractivity contribution in [3.63, 3.8) is 0 Å². The van der Waals surface area contributed by atoms with Gasteiger partial charge in [-0.05, 0) is 56.9 Å². The molecule has 0 saturated carbocycles. The van der Waals surface area contributed by atoms with Crippen LogP contribution in [-0.4, -0.2) is 62.3 Å². The average molecular weight is 427 g/mol. The molecule has 0 bridgehead atoms. The largest absolute Gasteiger partial charge is 0.466 e. The van der Waals surface area contributed by atoms with Crippen molar-refractivity contribution in [1.29, 1.82) is 0 Å². The second-order valence-corrected chi connectivity index (χ2v) is 9.47. The van der Waals surface area contributed by atoms with Crippen LogP contribution in [0.1, 0.15) is 32.6 Å². The fourth-order valence-electron chi connectivity index (χ4n) is 4.01. The molecule has 3 rings (SSSR count). The first-order valence-electron chi connectivity index (χ1n) is 10.0. The molecule has 1 amide bonds. The van der Waals surface area contributed by atoms with Gasteiger partial charge in [0.1, 0.15) is 5.82 Å². The topological polar surface area (TPSA) is 84.0 Å². The first-order valence-corrected chi connectivity index (χ1v) is 11.5. The summed E-state index contributed by atoms with van der Waals surface area (Å²) >= 11 is 0. The van der Waals surface area contributed by atoms with Gasteiger partial charge in [-0.15, -0.1) is 0 Å². The molecule has 2 heterocycles. The zero-order valence-electron chi connectivity index (χ0n) is 16.5. The smallest absolute Gasteiger partial charge is 0.310 e. The minimum atomic E-state index is -3.79. The van der Waals surface area contributed by atoms with E-state index >= 15 is 0 Å². The highest BCUT2D eigenvalue weighted by atomic mass is 32.2. The van der Waals surface area contributed by atoms with Gasteiger partial charge >= 0.3 is 5.97 Å². The van der Waals surface area contributed by atoms with Gasteiger partial charge in [0.05, 0.1) is 23.3 Å². The SMILES string of the molecule is CCOC(=O)C1CCCN(C(=O)C2CCCN(S(=O)(=O)c3ccc(F)cc3)C2)C1. The van der Waals surface area contributed by atoms with Gasteiger partial charge in [-0.2, -0.15) is 4.31 Å². The van der Waals surface area contributed by atoms with E-state index in [4.69, 9.17) is 4.74 Å². The number of hydrogen-bond donors (Lipinski definition) is 0. The van der Waals surface area contributed by atoms with Gasteiger partial charge in [-0.1, -0.05) is 0 Å².